The number of aliphatic hydroxyl groups excluding tert-OH is 1. The lowest BCUT2D eigenvalue weighted by atomic mass is 10.00. The average molecular weight is 769 g/mol. The van der Waals surface area contributed by atoms with Crippen LogP contribution in [0.3, 0.4) is 0 Å². The Morgan fingerprint density at radius 1 is 0.691 bits per heavy atom. The van der Waals surface area contributed by atoms with Crippen molar-refractivity contribution in [1.82, 2.24) is 16.0 Å². The highest BCUT2D eigenvalue weighted by molar-refractivity contribution is 6.11. The van der Waals surface area contributed by atoms with E-state index in [4.69, 9.17) is 33.5 Å². The van der Waals surface area contributed by atoms with E-state index in [9.17, 15) is 23.2 Å². The second-order valence-electron chi connectivity index (χ2n) is 12.5. The van der Waals surface area contributed by atoms with Gasteiger partial charge in [-0.1, -0.05) is 18.2 Å². The number of nitrogens with one attached hydrogen (secondary N) is 3. The molecule has 16 heteroatoms. The van der Waals surface area contributed by atoms with Crippen LogP contribution >= 0.6 is 0 Å². The van der Waals surface area contributed by atoms with Crippen LogP contribution in [0.5, 0.6) is 5.75 Å². The van der Waals surface area contributed by atoms with Gasteiger partial charge in [-0.3, -0.25) is 19.4 Å². The molecule has 0 unspecified atom stereocenters. The molecule has 4 N–H and O–H groups in total. The molecule has 0 aromatic heterocycles. The van der Waals surface area contributed by atoms with E-state index in [0.717, 1.165) is 17.2 Å². The molecule has 2 aliphatic rings. The van der Waals surface area contributed by atoms with Gasteiger partial charge in [0.15, 0.2) is 17.4 Å². The van der Waals surface area contributed by atoms with Crippen molar-refractivity contribution >= 4 is 23.8 Å². The Morgan fingerprint density at radius 2 is 1.22 bits per heavy atom. The number of halogens is 2. The second-order valence-corrected chi connectivity index (χ2v) is 12.5. The maximum absolute atomic E-state index is 15.0. The molecule has 2 heterocycles. The first kappa shape index (κ1) is 41.5. The molecule has 0 radical (unpaired) electrons. The quantitative estimate of drug-likeness (QED) is 0.0776. The Balaban J connectivity index is 1.02. The molecule has 0 aliphatic carbocycles. The first-order valence-corrected chi connectivity index (χ1v) is 18.1. The minimum atomic E-state index is -1.35. The summed E-state index contributed by atoms with van der Waals surface area (Å²) >= 11 is 0. The molecule has 5 rings (SSSR count). The van der Waals surface area contributed by atoms with Crippen LogP contribution in [0.4, 0.5) is 8.78 Å². The van der Waals surface area contributed by atoms with Gasteiger partial charge in [0.1, 0.15) is 17.9 Å². The number of ether oxygens (including phenoxy) is 6. The lowest BCUT2D eigenvalue weighted by molar-refractivity contribution is -0.0146. The Labute approximate surface area is 317 Å². The summed E-state index contributed by atoms with van der Waals surface area (Å²) in [5, 5.41) is 17.7. The lowest BCUT2D eigenvalue weighted by Gasteiger charge is -2.21. The van der Waals surface area contributed by atoms with E-state index < -0.39 is 34.9 Å². The van der Waals surface area contributed by atoms with Gasteiger partial charge in [0, 0.05) is 36.0 Å². The molecular weight excluding hydrogens is 722 g/mol. The molecular formula is C39H46F2N4O10. The molecule has 14 nitrogen and oxygen atoms in total. The molecule has 55 heavy (non-hydrogen) atoms. The zero-order valence-corrected chi connectivity index (χ0v) is 30.4. The van der Waals surface area contributed by atoms with E-state index in [-0.39, 0.29) is 61.9 Å². The fraction of sp³-hybridized carbons (Fsp3) is 0.436. The van der Waals surface area contributed by atoms with Gasteiger partial charge < -0.3 is 49.5 Å². The SMILES string of the molecule is O=C(N[C@@H]1CNC[C@H]1NC(=O)c1ccc2c(c1)CN=C2)c1ccc(C(=O)c2c(OCCOCCOCCOCCOCCOCCO)ccc(F)c2F)cc1. The highest BCUT2D eigenvalue weighted by atomic mass is 19.2. The number of amides is 2. The first-order valence-electron chi connectivity index (χ1n) is 18.1. The standard InChI is InChI=1S/C39H46F2N4O10/c40-31-7-8-34(55-20-19-54-18-17-53-16-15-52-14-13-51-12-11-50-10-9-46)35(36(31)41)37(47)26-1-3-27(4-2-26)38(48)44-32-24-43-25-33(32)45-39(49)28-5-6-29-22-42-23-30(29)21-28/h1-8,21-22,32-33,43,46H,9-20,23-25H2,(H,44,48)(H,45,49)/t32-,33-/m1/s1. The van der Waals surface area contributed by atoms with Gasteiger partial charge in [0.25, 0.3) is 11.8 Å². The molecule has 0 saturated carbocycles. The highest BCUT2D eigenvalue weighted by Crippen LogP contribution is 2.27. The van der Waals surface area contributed by atoms with Crippen molar-refractivity contribution in [1.29, 1.82) is 0 Å². The minimum Gasteiger partial charge on any atom is -0.490 e. The van der Waals surface area contributed by atoms with Gasteiger partial charge in [0.2, 0.25) is 0 Å². The van der Waals surface area contributed by atoms with Crippen molar-refractivity contribution in [3.63, 3.8) is 0 Å². The summed E-state index contributed by atoms with van der Waals surface area (Å²) in [7, 11) is 0. The number of ketones is 1. The topological polar surface area (TPSA) is 175 Å². The molecule has 1 saturated heterocycles. The second kappa shape index (κ2) is 22.0. The Kier molecular flexibility index (Phi) is 16.6. The van der Waals surface area contributed by atoms with E-state index in [1.54, 1.807) is 12.3 Å². The summed E-state index contributed by atoms with van der Waals surface area (Å²) in [5.41, 5.74) is 2.16. The van der Waals surface area contributed by atoms with Crippen molar-refractivity contribution < 1.29 is 56.7 Å². The molecule has 0 bridgehead atoms. The maximum atomic E-state index is 15.0. The van der Waals surface area contributed by atoms with Crippen molar-refractivity contribution in [3.05, 3.63) is 99.6 Å². The number of carbonyl (C=O) groups is 3. The highest BCUT2D eigenvalue weighted by Gasteiger charge is 2.31. The molecule has 3 aromatic rings. The number of hydrogen-bond donors (Lipinski definition) is 4. The van der Waals surface area contributed by atoms with Crippen LogP contribution in [0.25, 0.3) is 0 Å². The third-order valence-electron chi connectivity index (χ3n) is 8.65. The van der Waals surface area contributed by atoms with E-state index in [0.29, 0.717) is 71.4 Å². The number of aliphatic hydroxyl groups is 1. The average Bonchev–Trinajstić information content (AvgIpc) is 3.86. The van der Waals surface area contributed by atoms with Crippen molar-refractivity contribution in [2.75, 3.05) is 92.4 Å². The van der Waals surface area contributed by atoms with Crippen LogP contribution in [-0.2, 0) is 30.2 Å². The number of aliphatic imine (C=N–C) groups is 1. The molecule has 2 aliphatic heterocycles. The van der Waals surface area contributed by atoms with Crippen molar-refractivity contribution in [3.8, 4) is 5.75 Å². The molecule has 2 atom stereocenters. The van der Waals surface area contributed by atoms with E-state index >= 15 is 0 Å². The maximum Gasteiger partial charge on any atom is 0.251 e. The number of rotatable bonds is 24. The lowest BCUT2D eigenvalue weighted by Crippen LogP contribution is -2.51. The third-order valence-corrected chi connectivity index (χ3v) is 8.65. The van der Waals surface area contributed by atoms with Crippen LogP contribution in [-0.4, -0.2) is 133 Å². The predicted octanol–water partition coefficient (Wildman–Crippen LogP) is 2.08. The Morgan fingerprint density at radius 3 is 1.82 bits per heavy atom. The van der Waals surface area contributed by atoms with Crippen molar-refractivity contribution in [2.24, 2.45) is 4.99 Å². The first-order chi connectivity index (χ1) is 26.9. The Bertz CT molecular complexity index is 1760. The minimum absolute atomic E-state index is 0.0204. The van der Waals surface area contributed by atoms with Crippen LogP contribution < -0.4 is 20.7 Å². The van der Waals surface area contributed by atoms with E-state index in [2.05, 4.69) is 20.9 Å². The molecule has 296 valence electrons. The monoisotopic (exact) mass is 768 g/mol. The molecule has 3 aromatic carbocycles. The Hall–Kier alpha value is -4.68. The van der Waals surface area contributed by atoms with Crippen LogP contribution in [0.15, 0.2) is 59.6 Å². The van der Waals surface area contributed by atoms with Gasteiger partial charge in [0.05, 0.1) is 91.3 Å². The number of carbonyl (C=O) groups excluding carboxylic acids is 3. The smallest absolute Gasteiger partial charge is 0.251 e. The molecule has 0 spiro atoms. The number of fused-ring (bicyclic) bond motifs is 1. The van der Waals surface area contributed by atoms with Gasteiger partial charge in [-0.2, -0.15) is 0 Å². The van der Waals surface area contributed by atoms with E-state index in [1.165, 1.54) is 30.3 Å². The van der Waals surface area contributed by atoms with Crippen LogP contribution in [0, 0.1) is 11.6 Å². The van der Waals surface area contributed by atoms with Gasteiger partial charge in [-0.15, -0.1) is 0 Å². The summed E-state index contributed by atoms with van der Waals surface area (Å²) in [6.45, 7) is 4.68. The summed E-state index contributed by atoms with van der Waals surface area (Å²) in [4.78, 5) is 43.7. The van der Waals surface area contributed by atoms with E-state index in [1.807, 2.05) is 12.1 Å². The summed E-state index contributed by atoms with van der Waals surface area (Å²) in [6.07, 6.45) is 1.78. The summed E-state index contributed by atoms with van der Waals surface area (Å²) < 4.78 is 61.6. The molecule has 1 fully saturated rings. The van der Waals surface area contributed by atoms with Gasteiger partial charge in [-0.05, 0) is 47.5 Å². The fourth-order valence-corrected chi connectivity index (χ4v) is 5.78. The fourth-order valence-electron chi connectivity index (χ4n) is 5.78. The number of hydrogen-bond acceptors (Lipinski definition) is 12. The zero-order chi connectivity index (χ0) is 38.8. The van der Waals surface area contributed by atoms with Crippen LogP contribution in [0.1, 0.15) is 47.8 Å². The summed E-state index contributed by atoms with van der Waals surface area (Å²) in [5.74, 6) is -4.23. The van der Waals surface area contributed by atoms with Crippen molar-refractivity contribution in [2.45, 2.75) is 18.6 Å². The number of nitrogens with zero attached hydrogens (tertiary/aromatic N) is 1. The number of benzene rings is 3. The van der Waals surface area contributed by atoms with Crippen LogP contribution in [0.2, 0.25) is 0 Å². The zero-order valence-electron chi connectivity index (χ0n) is 30.4. The largest absolute Gasteiger partial charge is 0.490 e. The van der Waals surface area contributed by atoms with Gasteiger partial charge in [-0.25, -0.2) is 8.78 Å². The third kappa shape index (κ3) is 12.4. The van der Waals surface area contributed by atoms with Gasteiger partial charge >= 0.3 is 0 Å². The molecule has 2 amide bonds. The summed E-state index contributed by atoms with van der Waals surface area (Å²) in [6, 6.07) is 12.2. The normalized spacial score (nSPS) is 15.9. The predicted molar refractivity (Wildman–Crippen MR) is 196 cm³/mol.